The van der Waals surface area contributed by atoms with E-state index < -0.39 is 24.9 Å². The van der Waals surface area contributed by atoms with Crippen LogP contribution in [-0.2, 0) is 0 Å². The number of anilines is 3. The summed E-state index contributed by atoms with van der Waals surface area (Å²) in [5.74, 6) is -5.22. The fraction of sp³-hybridized carbons (Fsp3) is 0.842. The smallest absolute Gasteiger partial charge is 0.265 e. The summed E-state index contributed by atoms with van der Waals surface area (Å²) in [6.45, 7) is 1.76. The number of hydrogen-bond acceptors (Lipinski definition) is 8. The molecule has 0 unspecified atom stereocenters. The number of rotatable bonds is 9. The van der Waals surface area contributed by atoms with Gasteiger partial charge in [-0.1, -0.05) is 0 Å². The lowest BCUT2D eigenvalue weighted by Gasteiger charge is -2.35. The first-order valence-corrected chi connectivity index (χ1v) is 10.9. The Hall–Kier alpha value is -1.95. The zero-order valence-electron chi connectivity index (χ0n) is 17.7. The second-order valence-corrected chi connectivity index (χ2v) is 8.27. The van der Waals surface area contributed by atoms with E-state index in [2.05, 4.69) is 15.0 Å². The Kier molecular flexibility index (Phi) is 7.73. The lowest BCUT2D eigenvalue weighted by Crippen LogP contribution is -2.45. The minimum absolute atomic E-state index is 0.0961. The summed E-state index contributed by atoms with van der Waals surface area (Å²) in [4.78, 5) is 18.0. The Bertz CT molecular complexity index is 666. The fourth-order valence-corrected chi connectivity index (χ4v) is 3.92. The highest BCUT2D eigenvalue weighted by atomic mass is 19.3. The first-order chi connectivity index (χ1) is 14.7. The van der Waals surface area contributed by atoms with Crippen LogP contribution in [0.25, 0.3) is 0 Å². The van der Waals surface area contributed by atoms with Crippen molar-refractivity contribution in [3.63, 3.8) is 0 Å². The quantitative estimate of drug-likeness (QED) is 0.552. The van der Waals surface area contributed by atoms with Gasteiger partial charge in [0, 0.05) is 39.0 Å². The van der Waals surface area contributed by atoms with E-state index in [9.17, 15) is 17.6 Å². The van der Waals surface area contributed by atoms with Crippen LogP contribution in [0.4, 0.5) is 35.4 Å². The highest BCUT2D eigenvalue weighted by Crippen LogP contribution is 2.32. The van der Waals surface area contributed by atoms with E-state index in [0.717, 1.165) is 0 Å². The van der Waals surface area contributed by atoms with Gasteiger partial charge >= 0.3 is 0 Å². The molecule has 3 rings (SSSR count). The molecule has 31 heavy (non-hydrogen) atoms. The minimum Gasteiger partial charge on any atom is -0.341 e. The zero-order chi connectivity index (χ0) is 22.5. The van der Waals surface area contributed by atoms with Crippen molar-refractivity contribution in [1.29, 1.82) is 0 Å². The number of halogens is 4. The molecule has 2 saturated heterocycles. The van der Waals surface area contributed by atoms with Gasteiger partial charge in [0.25, 0.3) is 11.8 Å². The second kappa shape index (κ2) is 10.1. The lowest BCUT2D eigenvalue weighted by atomic mass is 10.1. The molecular weight excluding hydrogens is 416 g/mol. The average Bonchev–Trinajstić information content (AvgIpc) is 2.72. The maximum atomic E-state index is 14.0. The first-order valence-electron chi connectivity index (χ1n) is 10.9. The van der Waals surface area contributed by atoms with E-state index in [0.29, 0.717) is 65.0 Å². The summed E-state index contributed by atoms with van der Waals surface area (Å²) in [5, 5.41) is 0. The standard InChI is InChI=1S/C19H32F4N8/c20-18(21)5-1-9-30(13-18)16-26-15(29(11-3-7-24)12-4-8-25)27-17(28-16)31-10-2-6-19(22,23)14-31/h1-14,24-25H2. The predicted molar refractivity (Wildman–Crippen MR) is 112 cm³/mol. The molecule has 8 nitrogen and oxygen atoms in total. The summed E-state index contributed by atoms with van der Waals surface area (Å²) in [6.07, 6.45) is 1.57. The third kappa shape index (κ3) is 6.52. The molecule has 2 fully saturated rings. The molecule has 0 spiro atoms. The number of nitrogens with zero attached hydrogens (tertiary/aromatic N) is 6. The predicted octanol–water partition coefficient (Wildman–Crippen LogP) is 1.85. The molecule has 1 aromatic heterocycles. The number of nitrogens with two attached hydrogens (primary N) is 2. The molecule has 4 N–H and O–H groups in total. The van der Waals surface area contributed by atoms with E-state index in [1.807, 2.05) is 4.90 Å². The van der Waals surface area contributed by atoms with Crippen LogP contribution in [0.1, 0.15) is 38.5 Å². The molecule has 3 heterocycles. The molecule has 0 atom stereocenters. The molecule has 0 bridgehead atoms. The van der Waals surface area contributed by atoms with Crippen molar-refractivity contribution in [2.75, 3.05) is 67.1 Å². The summed E-state index contributed by atoms with van der Waals surface area (Å²) in [7, 11) is 0. The lowest BCUT2D eigenvalue weighted by molar-refractivity contribution is -0.0121. The van der Waals surface area contributed by atoms with Gasteiger partial charge in [0.15, 0.2) is 0 Å². The molecule has 2 aliphatic rings. The molecular formula is C19H32F4N8. The van der Waals surface area contributed by atoms with Crippen LogP contribution in [-0.4, -0.2) is 79.2 Å². The number of piperidine rings is 2. The van der Waals surface area contributed by atoms with Gasteiger partial charge in [0.2, 0.25) is 17.8 Å². The Balaban J connectivity index is 1.96. The Morgan fingerprint density at radius 2 is 1.23 bits per heavy atom. The van der Waals surface area contributed by atoms with Crippen LogP contribution in [0.15, 0.2) is 0 Å². The van der Waals surface area contributed by atoms with Gasteiger partial charge < -0.3 is 26.2 Å². The molecule has 2 aliphatic heterocycles. The molecule has 1 aromatic rings. The number of aromatic nitrogens is 3. The van der Waals surface area contributed by atoms with Gasteiger partial charge in [-0.05, 0) is 38.8 Å². The van der Waals surface area contributed by atoms with Crippen LogP contribution in [0.5, 0.6) is 0 Å². The van der Waals surface area contributed by atoms with Gasteiger partial charge in [0.05, 0.1) is 13.1 Å². The van der Waals surface area contributed by atoms with Gasteiger partial charge in [0.1, 0.15) is 0 Å². The zero-order valence-corrected chi connectivity index (χ0v) is 17.7. The number of hydrogen-bond donors (Lipinski definition) is 2. The summed E-state index contributed by atoms with van der Waals surface area (Å²) < 4.78 is 56.1. The Labute approximate surface area is 180 Å². The molecule has 12 heteroatoms. The molecule has 0 saturated carbocycles. The van der Waals surface area contributed by atoms with Crippen LogP contribution >= 0.6 is 0 Å². The maximum absolute atomic E-state index is 14.0. The number of alkyl halides is 4. The first kappa shape index (κ1) is 23.7. The van der Waals surface area contributed by atoms with Crippen molar-refractivity contribution in [3.05, 3.63) is 0 Å². The Morgan fingerprint density at radius 3 is 1.61 bits per heavy atom. The molecule has 0 aromatic carbocycles. The molecule has 0 radical (unpaired) electrons. The van der Waals surface area contributed by atoms with Crippen LogP contribution in [0.2, 0.25) is 0 Å². The molecule has 0 amide bonds. The van der Waals surface area contributed by atoms with E-state index in [-0.39, 0.29) is 30.7 Å². The van der Waals surface area contributed by atoms with Crippen molar-refractivity contribution in [3.8, 4) is 0 Å². The largest absolute Gasteiger partial charge is 0.341 e. The molecule has 0 aliphatic carbocycles. The summed E-state index contributed by atoms with van der Waals surface area (Å²) in [6, 6.07) is 0. The average molecular weight is 449 g/mol. The second-order valence-electron chi connectivity index (χ2n) is 8.27. The van der Waals surface area contributed by atoms with Gasteiger partial charge in [-0.15, -0.1) is 0 Å². The van der Waals surface area contributed by atoms with E-state index in [1.54, 1.807) is 0 Å². The van der Waals surface area contributed by atoms with E-state index in [1.165, 1.54) is 9.80 Å². The van der Waals surface area contributed by atoms with Crippen LogP contribution < -0.4 is 26.2 Å². The minimum atomic E-state index is -2.85. The van der Waals surface area contributed by atoms with E-state index >= 15 is 0 Å². The third-order valence-corrected chi connectivity index (χ3v) is 5.50. The fourth-order valence-electron chi connectivity index (χ4n) is 3.92. The van der Waals surface area contributed by atoms with Gasteiger partial charge in [-0.2, -0.15) is 15.0 Å². The van der Waals surface area contributed by atoms with Crippen molar-refractivity contribution < 1.29 is 17.6 Å². The SMILES string of the molecule is NCCCN(CCCN)c1nc(N2CCCC(F)(F)C2)nc(N2CCCC(F)(F)C2)n1. The van der Waals surface area contributed by atoms with Crippen LogP contribution in [0, 0.1) is 0 Å². The summed E-state index contributed by atoms with van der Waals surface area (Å²) in [5.41, 5.74) is 11.3. The normalized spacial score (nSPS) is 20.7. The highest BCUT2D eigenvalue weighted by Gasteiger charge is 2.39. The van der Waals surface area contributed by atoms with Crippen LogP contribution in [0.3, 0.4) is 0 Å². The van der Waals surface area contributed by atoms with Crippen molar-refractivity contribution in [1.82, 2.24) is 15.0 Å². The Morgan fingerprint density at radius 1 is 0.774 bits per heavy atom. The maximum Gasteiger partial charge on any atom is 0.265 e. The molecule has 176 valence electrons. The van der Waals surface area contributed by atoms with Gasteiger partial charge in [-0.3, -0.25) is 0 Å². The van der Waals surface area contributed by atoms with Crippen molar-refractivity contribution in [2.24, 2.45) is 11.5 Å². The monoisotopic (exact) mass is 448 g/mol. The topological polar surface area (TPSA) is 100 Å². The van der Waals surface area contributed by atoms with Crippen molar-refractivity contribution in [2.45, 2.75) is 50.4 Å². The van der Waals surface area contributed by atoms with Crippen molar-refractivity contribution >= 4 is 17.8 Å². The summed E-state index contributed by atoms with van der Waals surface area (Å²) >= 11 is 0. The highest BCUT2D eigenvalue weighted by molar-refractivity contribution is 5.47. The third-order valence-electron chi connectivity index (χ3n) is 5.50. The van der Waals surface area contributed by atoms with E-state index in [4.69, 9.17) is 11.5 Å². The van der Waals surface area contributed by atoms with Gasteiger partial charge in [-0.25, -0.2) is 17.6 Å².